The van der Waals surface area contributed by atoms with Crippen LogP contribution in [0.3, 0.4) is 0 Å². The molecule has 2 rings (SSSR count). The maximum atomic E-state index is 12.4. The number of terminal acetylenes is 1. The molecular formula is C16H17NO5. The molecule has 0 spiro atoms. The van der Waals surface area contributed by atoms with Crippen LogP contribution >= 0.6 is 0 Å². The fourth-order valence-electron chi connectivity index (χ4n) is 2.22. The van der Waals surface area contributed by atoms with Gasteiger partial charge in [0.05, 0.1) is 19.1 Å². The molecule has 1 aromatic rings. The minimum absolute atomic E-state index is 0.108. The molecule has 6 nitrogen and oxygen atoms in total. The Morgan fingerprint density at radius 3 is 2.77 bits per heavy atom. The highest BCUT2D eigenvalue weighted by molar-refractivity contribution is 5.94. The lowest BCUT2D eigenvalue weighted by atomic mass is 10.1. The summed E-state index contributed by atoms with van der Waals surface area (Å²) in [6, 6.07) is 6.69. The molecule has 22 heavy (non-hydrogen) atoms. The van der Waals surface area contributed by atoms with Crippen LogP contribution < -0.4 is 4.74 Å². The Kier molecular flexibility index (Phi) is 5.39. The Labute approximate surface area is 128 Å². The third kappa shape index (κ3) is 4.24. The van der Waals surface area contributed by atoms with Gasteiger partial charge >= 0.3 is 5.97 Å². The molecule has 1 fully saturated rings. The lowest BCUT2D eigenvalue weighted by Crippen LogP contribution is -2.46. The molecule has 1 atom stereocenters. The van der Waals surface area contributed by atoms with Crippen LogP contribution in [0.5, 0.6) is 5.75 Å². The van der Waals surface area contributed by atoms with Gasteiger partial charge in [0, 0.05) is 18.7 Å². The second kappa shape index (κ2) is 7.48. The molecule has 0 aliphatic carbocycles. The quantitative estimate of drug-likeness (QED) is 0.822. The predicted molar refractivity (Wildman–Crippen MR) is 78.7 cm³/mol. The number of carbonyl (C=O) groups is 2. The molecule has 1 amide bonds. The van der Waals surface area contributed by atoms with Crippen LogP contribution in [0.2, 0.25) is 0 Å². The summed E-state index contributed by atoms with van der Waals surface area (Å²) in [5.41, 5.74) is 0.518. The maximum Gasteiger partial charge on any atom is 0.306 e. The van der Waals surface area contributed by atoms with Gasteiger partial charge in [-0.15, -0.1) is 6.42 Å². The zero-order valence-electron chi connectivity index (χ0n) is 12.0. The molecule has 0 bridgehead atoms. The van der Waals surface area contributed by atoms with Crippen molar-refractivity contribution in [2.75, 3.05) is 26.3 Å². The van der Waals surface area contributed by atoms with Gasteiger partial charge in [-0.1, -0.05) is 5.92 Å². The summed E-state index contributed by atoms with van der Waals surface area (Å²) in [5.74, 6) is 1.88. The highest BCUT2D eigenvalue weighted by Gasteiger charge is 2.26. The topological polar surface area (TPSA) is 76.1 Å². The highest BCUT2D eigenvalue weighted by Crippen LogP contribution is 2.16. The van der Waals surface area contributed by atoms with Gasteiger partial charge in [-0.3, -0.25) is 9.59 Å². The summed E-state index contributed by atoms with van der Waals surface area (Å²) in [5, 5.41) is 8.80. The van der Waals surface area contributed by atoms with Crippen LogP contribution in [0, 0.1) is 12.3 Å². The van der Waals surface area contributed by atoms with Gasteiger partial charge in [0.25, 0.3) is 5.91 Å². The first-order valence-corrected chi connectivity index (χ1v) is 6.89. The number of rotatable bonds is 5. The van der Waals surface area contributed by atoms with Crippen LogP contribution in [-0.2, 0) is 9.53 Å². The zero-order chi connectivity index (χ0) is 15.9. The molecule has 1 N–H and O–H groups in total. The van der Waals surface area contributed by atoms with Crippen LogP contribution in [-0.4, -0.2) is 54.3 Å². The first-order valence-electron chi connectivity index (χ1n) is 6.89. The largest absolute Gasteiger partial charge is 0.481 e. The molecule has 1 aromatic carbocycles. The summed E-state index contributed by atoms with van der Waals surface area (Å²) in [7, 11) is 0. The minimum Gasteiger partial charge on any atom is -0.481 e. The Bertz CT molecular complexity index is 575. The average molecular weight is 303 g/mol. The summed E-state index contributed by atoms with van der Waals surface area (Å²) >= 11 is 0. The van der Waals surface area contributed by atoms with Gasteiger partial charge in [-0.25, -0.2) is 0 Å². The summed E-state index contributed by atoms with van der Waals surface area (Å²) in [6.07, 6.45) is 4.54. The standard InChI is InChI=1S/C16H17NO5/c1-2-8-21-13-5-3-12(4-6-13)16(20)17-7-9-22-14(11-17)10-15(18)19/h1,3-6,14H,7-11H2,(H,18,19). The highest BCUT2D eigenvalue weighted by atomic mass is 16.5. The first-order chi connectivity index (χ1) is 10.6. The van der Waals surface area contributed by atoms with Crippen molar-refractivity contribution in [3.63, 3.8) is 0 Å². The maximum absolute atomic E-state index is 12.4. The van der Waals surface area contributed by atoms with Gasteiger partial charge in [-0.05, 0) is 24.3 Å². The van der Waals surface area contributed by atoms with Crippen LogP contribution in [0.25, 0.3) is 0 Å². The number of ether oxygens (including phenoxy) is 2. The van der Waals surface area contributed by atoms with E-state index in [1.807, 2.05) is 0 Å². The molecule has 1 aliphatic heterocycles. The number of morpholine rings is 1. The van der Waals surface area contributed by atoms with Crippen molar-refractivity contribution in [2.45, 2.75) is 12.5 Å². The molecule has 0 radical (unpaired) electrons. The molecule has 1 aliphatic rings. The predicted octanol–water partition coefficient (Wildman–Crippen LogP) is 1.01. The molecule has 0 saturated carbocycles. The normalized spacial score (nSPS) is 17.6. The van der Waals surface area contributed by atoms with Gasteiger partial charge in [0.15, 0.2) is 0 Å². The number of hydrogen-bond donors (Lipinski definition) is 1. The second-order valence-electron chi connectivity index (χ2n) is 4.86. The van der Waals surface area contributed by atoms with Crippen molar-refractivity contribution < 1.29 is 24.2 Å². The average Bonchev–Trinajstić information content (AvgIpc) is 2.52. The number of nitrogens with zero attached hydrogens (tertiary/aromatic N) is 1. The Morgan fingerprint density at radius 1 is 1.41 bits per heavy atom. The van der Waals surface area contributed by atoms with E-state index in [0.29, 0.717) is 24.5 Å². The van der Waals surface area contributed by atoms with E-state index >= 15 is 0 Å². The zero-order valence-corrected chi connectivity index (χ0v) is 12.0. The van der Waals surface area contributed by atoms with E-state index in [0.717, 1.165) is 0 Å². The molecule has 0 aromatic heterocycles. The van der Waals surface area contributed by atoms with E-state index in [2.05, 4.69) is 5.92 Å². The fourth-order valence-corrected chi connectivity index (χ4v) is 2.22. The van der Waals surface area contributed by atoms with Gasteiger partial charge in [0.2, 0.25) is 0 Å². The number of aliphatic carboxylic acids is 1. The van der Waals surface area contributed by atoms with Gasteiger partial charge in [-0.2, -0.15) is 0 Å². The number of carbonyl (C=O) groups excluding carboxylic acids is 1. The SMILES string of the molecule is C#CCOc1ccc(C(=O)N2CCOC(CC(=O)O)C2)cc1. The summed E-state index contributed by atoms with van der Waals surface area (Å²) < 4.78 is 10.6. The van der Waals surface area contributed by atoms with E-state index < -0.39 is 12.1 Å². The Morgan fingerprint density at radius 2 is 2.14 bits per heavy atom. The van der Waals surface area contributed by atoms with Crippen molar-refractivity contribution in [2.24, 2.45) is 0 Å². The van der Waals surface area contributed by atoms with E-state index in [1.165, 1.54) is 0 Å². The van der Waals surface area contributed by atoms with E-state index in [4.69, 9.17) is 21.0 Å². The Hall–Kier alpha value is -2.52. The van der Waals surface area contributed by atoms with E-state index in [-0.39, 0.29) is 25.5 Å². The van der Waals surface area contributed by atoms with Crippen molar-refractivity contribution >= 4 is 11.9 Å². The summed E-state index contributed by atoms with van der Waals surface area (Å²) in [6.45, 7) is 1.24. The second-order valence-corrected chi connectivity index (χ2v) is 4.86. The molecule has 1 unspecified atom stereocenters. The number of amides is 1. The fraction of sp³-hybridized carbons (Fsp3) is 0.375. The number of carboxylic acids is 1. The Balaban J connectivity index is 1.98. The van der Waals surface area contributed by atoms with Crippen LogP contribution in [0.1, 0.15) is 16.8 Å². The monoisotopic (exact) mass is 303 g/mol. The lowest BCUT2D eigenvalue weighted by Gasteiger charge is -2.32. The van der Waals surface area contributed by atoms with Crippen LogP contribution in [0.4, 0.5) is 0 Å². The summed E-state index contributed by atoms with van der Waals surface area (Å²) in [4.78, 5) is 24.7. The van der Waals surface area contributed by atoms with E-state index in [1.54, 1.807) is 29.2 Å². The number of benzene rings is 1. The van der Waals surface area contributed by atoms with Crippen LogP contribution in [0.15, 0.2) is 24.3 Å². The smallest absolute Gasteiger partial charge is 0.306 e. The minimum atomic E-state index is -0.936. The van der Waals surface area contributed by atoms with Crippen molar-refractivity contribution in [1.82, 2.24) is 4.90 Å². The van der Waals surface area contributed by atoms with Crippen molar-refractivity contribution in [3.05, 3.63) is 29.8 Å². The van der Waals surface area contributed by atoms with E-state index in [9.17, 15) is 9.59 Å². The third-order valence-electron chi connectivity index (χ3n) is 3.25. The first kappa shape index (κ1) is 15.9. The number of hydrogen-bond acceptors (Lipinski definition) is 4. The third-order valence-corrected chi connectivity index (χ3v) is 3.25. The number of carboxylic acid groups (broad SMARTS) is 1. The lowest BCUT2D eigenvalue weighted by molar-refractivity contribution is -0.141. The van der Waals surface area contributed by atoms with Gasteiger partial charge < -0.3 is 19.5 Å². The molecule has 6 heteroatoms. The molecule has 1 heterocycles. The molecular weight excluding hydrogens is 286 g/mol. The van der Waals surface area contributed by atoms with Crippen molar-refractivity contribution in [1.29, 1.82) is 0 Å². The van der Waals surface area contributed by atoms with Gasteiger partial charge in [0.1, 0.15) is 12.4 Å². The molecule has 116 valence electrons. The van der Waals surface area contributed by atoms with Crippen molar-refractivity contribution in [3.8, 4) is 18.1 Å². The molecule has 1 saturated heterocycles.